The molecule has 6 heteroatoms. The number of hydrogen-bond acceptors (Lipinski definition) is 4. The molecular formula is C9H7BrFN3S. The molecule has 0 aliphatic heterocycles. The van der Waals surface area contributed by atoms with E-state index in [0.29, 0.717) is 21.2 Å². The van der Waals surface area contributed by atoms with Crippen molar-refractivity contribution in [2.24, 2.45) is 0 Å². The van der Waals surface area contributed by atoms with E-state index >= 15 is 0 Å². The summed E-state index contributed by atoms with van der Waals surface area (Å²) >= 11 is 4.58. The van der Waals surface area contributed by atoms with Gasteiger partial charge < -0.3 is 5.32 Å². The molecule has 1 N–H and O–H groups in total. The summed E-state index contributed by atoms with van der Waals surface area (Å²) in [5, 5.41) is 11.3. The highest BCUT2D eigenvalue weighted by molar-refractivity contribution is 9.11. The molecule has 2 rings (SSSR count). The van der Waals surface area contributed by atoms with E-state index in [2.05, 4.69) is 31.4 Å². The largest absolute Gasteiger partial charge is 0.356 e. The Kier molecular flexibility index (Phi) is 3.27. The minimum atomic E-state index is -0.214. The zero-order valence-electron chi connectivity index (χ0n) is 7.58. The Hall–Kier alpha value is -1.01. The molecule has 0 radical (unpaired) electrons. The van der Waals surface area contributed by atoms with Crippen LogP contribution >= 0.6 is 27.3 Å². The maximum atomic E-state index is 13.2. The fourth-order valence-corrected chi connectivity index (χ4v) is 2.10. The average Bonchev–Trinajstić information content (AvgIpc) is 2.63. The first kappa shape index (κ1) is 10.5. The van der Waals surface area contributed by atoms with E-state index < -0.39 is 0 Å². The van der Waals surface area contributed by atoms with E-state index in [1.54, 1.807) is 18.2 Å². The van der Waals surface area contributed by atoms with Crippen LogP contribution in [-0.2, 0) is 6.54 Å². The highest BCUT2D eigenvalue weighted by Crippen LogP contribution is 2.20. The normalized spacial score (nSPS) is 10.3. The summed E-state index contributed by atoms with van der Waals surface area (Å²) in [5.41, 5.74) is 0.615. The molecule has 0 bridgehead atoms. The van der Waals surface area contributed by atoms with Gasteiger partial charge in [0.25, 0.3) is 0 Å². The van der Waals surface area contributed by atoms with E-state index in [9.17, 15) is 4.39 Å². The van der Waals surface area contributed by atoms with Crippen LogP contribution in [0.1, 0.15) is 5.56 Å². The maximum absolute atomic E-state index is 13.2. The van der Waals surface area contributed by atoms with Crippen LogP contribution in [0.2, 0.25) is 0 Å². The van der Waals surface area contributed by atoms with E-state index in [4.69, 9.17) is 0 Å². The molecule has 0 saturated heterocycles. The Balaban J connectivity index is 2.02. The second-order valence-corrected chi connectivity index (χ2v) is 5.06. The SMILES string of the molecule is Fc1ccccc1CNc1nnc(Br)s1. The number of nitrogens with zero attached hydrogens (tertiary/aromatic N) is 2. The van der Waals surface area contributed by atoms with Gasteiger partial charge in [-0.15, -0.1) is 10.2 Å². The fourth-order valence-electron chi connectivity index (χ4n) is 1.09. The van der Waals surface area contributed by atoms with Crippen molar-refractivity contribution in [1.29, 1.82) is 0 Å². The van der Waals surface area contributed by atoms with Crippen molar-refractivity contribution >= 4 is 32.4 Å². The third-order valence-electron chi connectivity index (χ3n) is 1.79. The summed E-state index contributed by atoms with van der Waals surface area (Å²) in [6.07, 6.45) is 0. The number of rotatable bonds is 3. The van der Waals surface area contributed by atoms with Gasteiger partial charge in [0.15, 0.2) is 3.92 Å². The number of aromatic nitrogens is 2. The van der Waals surface area contributed by atoms with Gasteiger partial charge in [-0.25, -0.2) is 4.39 Å². The van der Waals surface area contributed by atoms with Crippen LogP contribution in [0.25, 0.3) is 0 Å². The summed E-state index contributed by atoms with van der Waals surface area (Å²) in [5.74, 6) is -0.214. The number of nitrogens with one attached hydrogen (secondary N) is 1. The Bertz CT molecular complexity index is 460. The van der Waals surface area contributed by atoms with Gasteiger partial charge in [0.2, 0.25) is 5.13 Å². The van der Waals surface area contributed by atoms with Gasteiger partial charge in [-0.1, -0.05) is 29.5 Å². The number of benzene rings is 1. The zero-order valence-corrected chi connectivity index (χ0v) is 9.98. The molecule has 2 aromatic rings. The molecule has 0 spiro atoms. The van der Waals surface area contributed by atoms with Crippen molar-refractivity contribution in [1.82, 2.24) is 10.2 Å². The predicted octanol–water partition coefficient (Wildman–Crippen LogP) is 3.05. The lowest BCUT2D eigenvalue weighted by molar-refractivity contribution is 0.613. The predicted molar refractivity (Wildman–Crippen MR) is 61.3 cm³/mol. The van der Waals surface area contributed by atoms with Crippen LogP contribution in [-0.4, -0.2) is 10.2 Å². The van der Waals surface area contributed by atoms with Gasteiger partial charge >= 0.3 is 0 Å². The fraction of sp³-hybridized carbons (Fsp3) is 0.111. The van der Waals surface area contributed by atoms with Crippen LogP contribution in [0.15, 0.2) is 28.2 Å². The van der Waals surface area contributed by atoms with E-state index in [-0.39, 0.29) is 5.82 Å². The van der Waals surface area contributed by atoms with Crippen molar-refractivity contribution in [3.8, 4) is 0 Å². The molecule has 0 atom stereocenters. The van der Waals surface area contributed by atoms with Gasteiger partial charge in [0.05, 0.1) is 0 Å². The summed E-state index contributed by atoms with van der Waals surface area (Å²) in [7, 11) is 0. The minimum Gasteiger partial charge on any atom is -0.356 e. The molecule has 1 aromatic heterocycles. The highest BCUT2D eigenvalue weighted by atomic mass is 79.9. The molecule has 0 unspecified atom stereocenters. The third-order valence-corrected chi connectivity index (χ3v) is 3.10. The maximum Gasteiger partial charge on any atom is 0.206 e. The Labute approximate surface area is 98.5 Å². The van der Waals surface area contributed by atoms with E-state index in [0.717, 1.165) is 0 Å². The average molecular weight is 288 g/mol. The van der Waals surface area contributed by atoms with Crippen LogP contribution in [0.5, 0.6) is 0 Å². The molecule has 78 valence electrons. The van der Waals surface area contributed by atoms with E-state index in [1.165, 1.54) is 17.4 Å². The second-order valence-electron chi connectivity index (χ2n) is 2.81. The third kappa shape index (κ3) is 2.73. The summed E-state index contributed by atoms with van der Waals surface area (Å²) in [6.45, 7) is 0.411. The zero-order chi connectivity index (χ0) is 10.7. The quantitative estimate of drug-likeness (QED) is 0.943. The van der Waals surface area contributed by atoms with Crippen molar-refractivity contribution in [2.75, 3.05) is 5.32 Å². The number of hydrogen-bond donors (Lipinski definition) is 1. The van der Waals surface area contributed by atoms with Crippen molar-refractivity contribution in [3.05, 3.63) is 39.6 Å². The Morgan fingerprint density at radius 3 is 2.80 bits per heavy atom. The van der Waals surface area contributed by atoms with Gasteiger partial charge in [-0.3, -0.25) is 0 Å². The summed E-state index contributed by atoms with van der Waals surface area (Å²) < 4.78 is 13.9. The standard InChI is InChI=1S/C9H7BrFN3S/c10-8-13-14-9(15-8)12-5-6-3-1-2-4-7(6)11/h1-4H,5H2,(H,12,14). The van der Waals surface area contributed by atoms with Gasteiger partial charge in [0.1, 0.15) is 5.82 Å². The highest BCUT2D eigenvalue weighted by Gasteiger charge is 2.03. The van der Waals surface area contributed by atoms with Gasteiger partial charge in [-0.05, 0) is 22.0 Å². The number of anilines is 1. The molecule has 1 heterocycles. The lowest BCUT2D eigenvalue weighted by atomic mass is 10.2. The molecule has 0 fully saturated rings. The Morgan fingerprint density at radius 2 is 2.13 bits per heavy atom. The van der Waals surface area contributed by atoms with E-state index in [1.807, 2.05) is 0 Å². The lowest BCUT2D eigenvalue weighted by Gasteiger charge is -2.02. The molecule has 15 heavy (non-hydrogen) atoms. The lowest BCUT2D eigenvalue weighted by Crippen LogP contribution is -2.01. The first-order valence-corrected chi connectivity index (χ1v) is 5.83. The summed E-state index contributed by atoms with van der Waals surface area (Å²) in [4.78, 5) is 0. The first-order chi connectivity index (χ1) is 7.25. The van der Waals surface area contributed by atoms with Crippen LogP contribution < -0.4 is 5.32 Å². The van der Waals surface area contributed by atoms with Crippen LogP contribution in [0.3, 0.4) is 0 Å². The molecule has 0 aliphatic carbocycles. The molecule has 0 saturated carbocycles. The minimum absolute atomic E-state index is 0.214. The van der Waals surface area contributed by atoms with Gasteiger partial charge in [0, 0.05) is 12.1 Å². The second kappa shape index (κ2) is 4.67. The van der Waals surface area contributed by atoms with Gasteiger partial charge in [-0.2, -0.15) is 0 Å². The molecule has 0 aliphatic rings. The monoisotopic (exact) mass is 287 g/mol. The van der Waals surface area contributed by atoms with Crippen molar-refractivity contribution < 1.29 is 4.39 Å². The van der Waals surface area contributed by atoms with Crippen LogP contribution in [0.4, 0.5) is 9.52 Å². The molecule has 1 aromatic carbocycles. The molecular weight excluding hydrogens is 281 g/mol. The Morgan fingerprint density at radius 1 is 1.33 bits per heavy atom. The van der Waals surface area contributed by atoms with Crippen LogP contribution in [0, 0.1) is 5.82 Å². The molecule has 3 nitrogen and oxygen atoms in total. The molecule has 0 amide bonds. The summed E-state index contributed by atoms with van der Waals surface area (Å²) in [6, 6.07) is 6.64. The smallest absolute Gasteiger partial charge is 0.206 e. The topological polar surface area (TPSA) is 37.8 Å². The first-order valence-electron chi connectivity index (χ1n) is 4.22. The van der Waals surface area contributed by atoms with Crippen molar-refractivity contribution in [2.45, 2.75) is 6.54 Å². The van der Waals surface area contributed by atoms with Crippen molar-refractivity contribution in [3.63, 3.8) is 0 Å². The number of halogens is 2.